The SMILES string of the molecule is BC(B)(B)c1cccc(-c2cccc(C)c2F)c1. The summed E-state index contributed by atoms with van der Waals surface area (Å²) in [6.07, 6.45) is 0. The van der Waals surface area contributed by atoms with E-state index in [4.69, 9.17) is 0 Å². The molecule has 0 unspecified atom stereocenters. The Kier molecular flexibility index (Phi) is 3.38. The zero-order valence-corrected chi connectivity index (χ0v) is 11.4. The first kappa shape index (κ1) is 13.0. The second-order valence-corrected chi connectivity index (χ2v) is 5.77. The average molecular weight is 236 g/mol. The molecule has 2 aromatic carbocycles. The van der Waals surface area contributed by atoms with E-state index in [2.05, 4.69) is 35.7 Å². The zero-order valence-electron chi connectivity index (χ0n) is 11.4. The van der Waals surface area contributed by atoms with Gasteiger partial charge in [0.2, 0.25) is 0 Å². The van der Waals surface area contributed by atoms with E-state index in [1.165, 1.54) is 5.56 Å². The number of hydrogen-bond acceptors (Lipinski definition) is 0. The second-order valence-electron chi connectivity index (χ2n) is 5.77. The van der Waals surface area contributed by atoms with Gasteiger partial charge in [0, 0.05) is 5.56 Å². The fraction of sp³-hybridized carbons (Fsp3) is 0.143. The number of rotatable bonds is 2. The summed E-state index contributed by atoms with van der Waals surface area (Å²) in [5.41, 5.74) is 3.54. The van der Waals surface area contributed by atoms with Crippen LogP contribution in [-0.4, -0.2) is 23.5 Å². The lowest BCUT2D eigenvalue weighted by Gasteiger charge is -2.19. The highest BCUT2D eigenvalue weighted by atomic mass is 19.1. The van der Waals surface area contributed by atoms with Gasteiger partial charge in [0.05, 0.1) is 23.5 Å². The Balaban J connectivity index is 2.55. The lowest BCUT2D eigenvalue weighted by atomic mass is 9.40. The normalized spacial score (nSPS) is 11.4. The third kappa shape index (κ3) is 2.53. The van der Waals surface area contributed by atoms with Crippen LogP contribution in [0.1, 0.15) is 11.1 Å². The van der Waals surface area contributed by atoms with Gasteiger partial charge in [-0.2, -0.15) is 0 Å². The van der Waals surface area contributed by atoms with Gasteiger partial charge in [-0.15, -0.1) is 0 Å². The van der Waals surface area contributed by atoms with Crippen LogP contribution in [0.25, 0.3) is 11.1 Å². The Morgan fingerprint density at radius 1 is 1.00 bits per heavy atom. The van der Waals surface area contributed by atoms with Crippen LogP contribution in [0.15, 0.2) is 42.5 Å². The summed E-state index contributed by atoms with van der Waals surface area (Å²) in [7, 11) is 6.50. The summed E-state index contributed by atoms with van der Waals surface area (Å²) < 4.78 is 14.1. The quantitative estimate of drug-likeness (QED) is 0.676. The third-order valence-electron chi connectivity index (χ3n) is 3.23. The first-order chi connectivity index (χ1) is 8.39. The maximum atomic E-state index is 14.1. The molecule has 2 rings (SSSR count). The maximum Gasteiger partial charge on any atom is 0.133 e. The van der Waals surface area contributed by atoms with Crippen molar-refractivity contribution in [3.8, 4) is 11.1 Å². The summed E-state index contributed by atoms with van der Waals surface area (Å²) in [5, 5.41) is 0.0797. The van der Waals surface area contributed by atoms with Crippen molar-refractivity contribution in [2.75, 3.05) is 0 Å². The van der Waals surface area contributed by atoms with Gasteiger partial charge in [0.25, 0.3) is 0 Å². The van der Waals surface area contributed by atoms with E-state index in [0.29, 0.717) is 11.1 Å². The Labute approximate surface area is 111 Å². The molecular weight excluding hydrogens is 220 g/mol. The largest absolute Gasteiger partial charge is 0.206 e. The smallest absolute Gasteiger partial charge is 0.133 e. The summed E-state index contributed by atoms with van der Waals surface area (Å²) in [6.45, 7) is 1.80. The van der Waals surface area contributed by atoms with Crippen LogP contribution >= 0.6 is 0 Å². The number of halogens is 1. The highest BCUT2D eigenvalue weighted by Gasteiger charge is 2.15. The van der Waals surface area contributed by atoms with Crippen LogP contribution in [0.3, 0.4) is 0 Å². The molecule has 0 amide bonds. The highest BCUT2D eigenvalue weighted by Crippen LogP contribution is 2.27. The molecule has 0 aliphatic rings. The molecule has 4 heteroatoms. The third-order valence-corrected chi connectivity index (χ3v) is 3.23. The van der Waals surface area contributed by atoms with Crippen molar-refractivity contribution in [1.82, 2.24) is 0 Å². The van der Waals surface area contributed by atoms with Crippen LogP contribution in [0, 0.1) is 12.7 Å². The van der Waals surface area contributed by atoms with E-state index in [-0.39, 0.29) is 10.9 Å². The van der Waals surface area contributed by atoms with Crippen molar-refractivity contribution in [3.63, 3.8) is 0 Å². The highest BCUT2D eigenvalue weighted by molar-refractivity contribution is 6.58. The molecule has 0 N–H and O–H groups in total. The lowest BCUT2D eigenvalue weighted by Crippen LogP contribution is -2.26. The monoisotopic (exact) mass is 236 g/mol. The molecule has 0 aromatic heterocycles. The van der Waals surface area contributed by atoms with Crippen LogP contribution in [0.4, 0.5) is 4.39 Å². The van der Waals surface area contributed by atoms with Gasteiger partial charge < -0.3 is 0 Å². The van der Waals surface area contributed by atoms with Crippen molar-refractivity contribution in [2.24, 2.45) is 0 Å². The standard InChI is InChI=1S/C14H16B3F/c1-9-4-2-7-12(13(9)18)10-5-3-6-11(8-10)14(15,16)17/h2-8H,15-17H2,1H3. The molecule has 0 atom stereocenters. The first-order valence-electron chi connectivity index (χ1n) is 6.25. The predicted octanol–water partition coefficient (Wildman–Crippen LogP) is 0.811. The van der Waals surface area contributed by atoms with Crippen molar-refractivity contribution >= 4 is 23.5 Å². The van der Waals surface area contributed by atoms with E-state index >= 15 is 0 Å². The van der Waals surface area contributed by atoms with Gasteiger partial charge in [0.15, 0.2) is 0 Å². The maximum absolute atomic E-state index is 14.1. The molecule has 0 aliphatic carbocycles. The minimum absolute atomic E-state index is 0.0797. The summed E-state index contributed by atoms with van der Waals surface area (Å²) in [4.78, 5) is 0. The predicted molar refractivity (Wildman–Crippen MR) is 83.9 cm³/mol. The number of benzene rings is 2. The molecule has 0 saturated carbocycles. The Morgan fingerprint density at radius 3 is 2.33 bits per heavy atom. The molecule has 18 heavy (non-hydrogen) atoms. The van der Waals surface area contributed by atoms with Gasteiger partial charge >= 0.3 is 0 Å². The lowest BCUT2D eigenvalue weighted by molar-refractivity contribution is 0.622. The minimum Gasteiger partial charge on any atom is -0.206 e. The van der Waals surface area contributed by atoms with Crippen LogP contribution in [-0.2, 0) is 5.11 Å². The molecule has 0 spiro atoms. The van der Waals surface area contributed by atoms with E-state index in [1.807, 2.05) is 24.3 Å². The van der Waals surface area contributed by atoms with E-state index in [1.54, 1.807) is 13.0 Å². The molecule has 0 heterocycles. The number of aryl methyl sites for hydroxylation is 1. The minimum atomic E-state index is -0.122. The van der Waals surface area contributed by atoms with Crippen LogP contribution in [0.2, 0.25) is 0 Å². The van der Waals surface area contributed by atoms with Gasteiger partial charge in [-0.05, 0) is 18.1 Å². The molecule has 0 saturated heterocycles. The van der Waals surface area contributed by atoms with Gasteiger partial charge in [-0.25, -0.2) is 4.39 Å². The molecule has 0 radical (unpaired) electrons. The fourth-order valence-electron chi connectivity index (χ4n) is 2.02. The molecule has 0 aliphatic heterocycles. The molecule has 0 bridgehead atoms. The molecule has 0 nitrogen and oxygen atoms in total. The van der Waals surface area contributed by atoms with E-state index in [0.717, 1.165) is 5.56 Å². The van der Waals surface area contributed by atoms with Crippen LogP contribution in [0.5, 0.6) is 0 Å². The van der Waals surface area contributed by atoms with Crippen molar-refractivity contribution in [1.29, 1.82) is 0 Å². The summed E-state index contributed by atoms with van der Waals surface area (Å²) in [6, 6.07) is 13.7. The Morgan fingerprint density at radius 2 is 1.67 bits per heavy atom. The van der Waals surface area contributed by atoms with Crippen molar-refractivity contribution in [3.05, 3.63) is 59.4 Å². The zero-order chi connectivity index (χ0) is 13.3. The Hall–Kier alpha value is -1.44. The van der Waals surface area contributed by atoms with Gasteiger partial charge in [-0.1, -0.05) is 53.1 Å². The van der Waals surface area contributed by atoms with Gasteiger partial charge in [-0.3, -0.25) is 0 Å². The van der Waals surface area contributed by atoms with E-state index in [9.17, 15) is 4.39 Å². The average Bonchev–Trinajstić information content (AvgIpc) is 2.32. The summed E-state index contributed by atoms with van der Waals surface area (Å²) in [5.74, 6) is -0.122. The molecule has 88 valence electrons. The van der Waals surface area contributed by atoms with Gasteiger partial charge in [0.1, 0.15) is 5.82 Å². The molecule has 2 aromatic rings. The van der Waals surface area contributed by atoms with Crippen molar-refractivity contribution < 1.29 is 4.39 Å². The van der Waals surface area contributed by atoms with Crippen LogP contribution < -0.4 is 0 Å². The van der Waals surface area contributed by atoms with Crippen molar-refractivity contribution in [2.45, 2.75) is 12.0 Å². The topological polar surface area (TPSA) is 0 Å². The Bertz CT molecular complexity index is 573. The first-order valence-corrected chi connectivity index (χ1v) is 6.25. The fourth-order valence-corrected chi connectivity index (χ4v) is 2.02. The molecule has 0 fully saturated rings. The second kappa shape index (κ2) is 4.68. The molecular formula is C14H16B3F. The summed E-state index contributed by atoms with van der Waals surface area (Å²) >= 11 is 0. The number of hydrogen-bond donors (Lipinski definition) is 0. The van der Waals surface area contributed by atoms with E-state index < -0.39 is 0 Å².